The Morgan fingerprint density at radius 1 is 1.38 bits per heavy atom. The van der Waals surface area contributed by atoms with E-state index in [2.05, 4.69) is 53.9 Å². The lowest BCUT2D eigenvalue weighted by molar-refractivity contribution is 0.190. The summed E-state index contributed by atoms with van der Waals surface area (Å²) in [6.45, 7) is 9.31. The van der Waals surface area contributed by atoms with E-state index in [1.54, 1.807) is 7.11 Å². The molecule has 1 aromatic heterocycles. The number of rotatable bonds is 10. The van der Waals surface area contributed by atoms with Crippen LogP contribution in [-0.2, 0) is 11.3 Å². The first-order valence-electron chi connectivity index (χ1n) is 7.86. The van der Waals surface area contributed by atoms with Crippen LogP contribution in [0.4, 0.5) is 5.95 Å². The van der Waals surface area contributed by atoms with Gasteiger partial charge in [-0.05, 0) is 39.8 Å². The summed E-state index contributed by atoms with van der Waals surface area (Å²) in [5, 5.41) is 3.63. The fraction of sp³-hybridized carbons (Fsp3) is 0.812. The third-order valence-corrected chi connectivity index (χ3v) is 3.32. The number of aromatic nitrogens is 2. The fourth-order valence-electron chi connectivity index (χ4n) is 2.58. The van der Waals surface area contributed by atoms with Crippen LogP contribution in [0, 0.1) is 12.8 Å². The smallest absolute Gasteiger partial charge is 0.203 e. The van der Waals surface area contributed by atoms with Gasteiger partial charge < -0.3 is 19.5 Å². The second-order valence-electron chi connectivity index (χ2n) is 6.48. The Kier molecular flexibility index (Phi) is 7.75. The monoisotopic (exact) mass is 296 g/mol. The molecule has 1 heterocycles. The first-order valence-corrected chi connectivity index (χ1v) is 7.86. The topological polar surface area (TPSA) is 42.3 Å². The number of methoxy groups -OCH3 is 1. The number of nitrogens with zero attached hydrogens (tertiary/aromatic N) is 3. The van der Waals surface area contributed by atoms with Gasteiger partial charge in [0, 0.05) is 39.0 Å². The zero-order chi connectivity index (χ0) is 15.8. The van der Waals surface area contributed by atoms with Gasteiger partial charge in [-0.3, -0.25) is 0 Å². The van der Waals surface area contributed by atoms with Crippen LogP contribution in [0.5, 0.6) is 0 Å². The standard InChI is InChI=1S/C16H32N4O/c1-13(2)10-15(12-19(4)5)18-16-17-14(3)11-20(16)8-7-9-21-6/h11,13,15H,7-10,12H2,1-6H3,(H,17,18). The predicted molar refractivity (Wildman–Crippen MR) is 88.9 cm³/mol. The molecule has 0 saturated carbocycles. The van der Waals surface area contributed by atoms with Crippen molar-refractivity contribution in [2.24, 2.45) is 5.92 Å². The molecule has 0 aliphatic carbocycles. The van der Waals surface area contributed by atoms with E-state index in [4.69, 9.17) is 4.74 Å². The Hall–Kier alpha value is -1.07. The van der Waals surface area contributed by atoms with Crippen LogP contribution in [0.15, 0.2) is 6.20 Å². The molecule has 0 aliphatic rings. The van der Waals surface area contributed by atoms with Gasteiger partial charge in [0.1, 0.15) is 0 Å². The molecule has 1 N–H and O–H groups in total. The Morgan fingerprint density at radius 2 is 2.10 bits per heavy atom. The molecule has 5 nitrogen and oxygen atoms in total. The van der Waals surface area contributed by atoms with Crippen LogP contribution in [0.3, 0.4) is 0 Å². The number of likely N-dealkylation sites (N-methyl/N-ethyl adjacent to an activating group) is 1. The molecule has 0 radical (unpaired) electrons. The summed E-state index contributed by atoms with van der Waals surface area (Å²) in [7, 11) is 5.98. The van der Waals surface area contributed by atoms with Gasteiger partial charge in [-0.2, -0.15) is 0 Å². The fourth-order valence-corrected chi connectivity index (χ4v) is 2.58. The summed E-state index contributed by atoms with van der Waals surface area (Å²) in [4.78, 5) is 6.86. The Morgan fingerprint density at radius 3 is 2.67 bits per heavy atom. The van der Waals surface area contributed by atoms with Gasteiger partial charge in [-0.1, -0.05) is 13.8 Å². The number of imidazole rings is 1. The second kappa shape index (κ2) is 9.05. The average molecular weight is 296 g/mol. The molecule has 0 spiro atoms. The maximum atomic E-state index is 5.14. The third-order valence-electron chi connectivity index (χ3n) is 3.32. The average Bonchev–Trinajstić information content (AvgIpc) is 2.68. The van der Waals surface area contributed by atoms with Crippen LogP contribution < -0.4 is 5.32 Å². The molecular formula is C16H32N4O. The maximum Gasteiger partial charge on any atom is 0.203 e. The molecule has 0 amide bonds. The van der Waals surface area contributed by atoms with E-state index in [0.717, 1.165) is 44.2 Å². The Bertz CT molecular complexity index is 391. The van der Waals surface area contributed by atoms with Crippen molar-refractivity contribution in [1.29, 1.82) is 0 Å². The minimum absolute atomic E-state index is 0.419. The van der Waals surface area contributed by atoms with Gasteiger partial charge in [-0.15, -0.1) is 0 Å². The van der Waals surface area contributed by atoms with Crippen LogP contribution in [-0.4, -0.2) is 54.8 Å². The van der Waals surface area contributed by atoms with E-state index >= 15 is 0 Å². The first-order chi connectivity index (χ1) is 9.92. The second-order valence-corrected chi connectivity index (χ2v) is 6.48. The van der Waals surface area contributed by atoms with Gasteiger partial charge in [0.25, 0.3) is 0 Å². The lowest BCUT2D eigenvalue weighted by Crippen LogP contribution is -2.34. The highest BCUT2D eigenvalue weighted by Gasteiger charge is 2.15. The molecular weight excluding hydrogens is 264 g/mol. The molecule has 0 aromatic carbocycles. The van der Waals surface area contributed by atoms with E-state index in [1.165, 1.54) is 0 Å². The normalized spacial score (nSPS) is 13.1. The molecule has 0 bridgehead atoms. The van der Waals surface area contributed by atoms with Crippen molar-refractivity contribution < 1.29 is 4.74 Å². The highest BCUT2D eigenvalue weighted by Crippen LogP contribution is 2.15. The summed E-state index contributed by atoms with van der Waals surface area (Å²) in [6, 6.07) is 0.419. The minimum Gasteiger partial charge on any atom is -0.385 e. The molecule has 1 rings (SSSR count). The SMILES string of the molecule is COCCCn1cc(C)nc1NC(CC(C)C)CN(C)C. The van der Waals surface area contributed by atoms with Crippen LogP contribution in [0.25, 0.3) is 0 Å². The van der Waals surface area contributed by atoms with Crippen molar-refractivity contribution >= 4 is 5.95 Å². The molecule has 0 saturated heterocycles. The zero-order valence-electron chi connectivity index (χ0n) is 14.5. The number of ether oxygens (including phenoxy) is 1. The van der Waals surface area contributed by atoms with Crippen LogP contribution in [0.1, 0.15) is 32.4 Å². The van der Waals surface area contributed by atoms with Gasteiger partial charge in [0.05, 0.1) is 5.69 Å². The van der Waals surface area contributed by atoms with Crippen molar-refractivity contribution in [3.63, 3.8) is 0 Å². The quantitative estimate of drug-likeness (QED) is 0.674. The lowest BCUT2D eigenvalue weighted by atomic mass is 10.0. The van der Waals surface area contributed by atoms with Crippen molar-refractivity contribution in [2.45, 2.75) is 46.2 Å². The summed E-state index contributed by atoms with van der Waals surface area (Å²) < 4.78 is 7.34. The molecule has 1 atom stereocenters. The lowest BCUT2D eigenvalue weighted by Gasteiger charge is -2.24. The minimum atomic E-state index is 0.419. The van der Waals surface area contributed by atoms with Crippen molar-refractivity contribution in [3.05, 3.63) is 11.9 Å². The van der Waals surface area contributed by atoms with E-state index in [0.29, 0.717) is 12.0 Å². The number of anilines is 1. The summed E-state index contributed by atoms with van der Waals surface area (Å²) in [5.41, 5.74) is 1.06. The first kappa shape index (κ1) is 18.0. The Balaban J connectivity index is 2.72. The van der Waals surface area contributed by atoms with Crippen molar-refractivity contribution in [3.8, 4) is 0 Å². The highest BCUT2D eigenvalue weighted by molar-refractivity contribution is 5.30. The van der Waals surface area contributed by atoms with Gasteiger partial charge in [0.15, 0.2) is 0 Å². The van der Waals surface area contributed by atoms with E-state index < -0.39 is 0 Å². The van der Waals surface area contributed by atoms with Crippen LogP contribution in [0.2, 0.25) is 0 Å². The highest BCUT2D eigenvalue weighted by atomic mass is 16.5. The maximum absolute atomic E-state index is 5.14. The number of hydrogen-bond donors (Lipinski definition) is 1. The van der Waals surface area contributed by atoms with Gasteiger partial charge >= 0.3 is 0 Å². The summed E-state index contributed by atoms with van der Waals surface area (Å²) >= 11 is 0. The molecule has 122 valence electrons. The molecule has 0 fully saturated rings. The number of hydrogen-bond acceptors (Lipinski definition) is 4. The van der Waals surface area contributed by atoms with Crippen molar-refractivity contribution in [2.75, 3.05) is 39.7 Å². The molecule has 1 unspecified atom stereocenters. The van der Waals surface area contributed by atoms with Gasteiger partial charge in [0.2, 0.25) is 5.95 Å². The summed E-state index contributed by atoms with van der Waals surface area (Å²) in [5.74, 6) is 1.65. The van der Waals surface area contributed by atoms with Gasteiger partial charge in [-0.25, -0.2) is 4.98 Å². The van der Waals surface area contributed by atoms with Crippen molar-refractivity contribution in [1.82, 2.24) is 14.5 Å². The van der Waals surface area contributed by atoms with E-state index in [9.17, 15) is 0 Å². The predicted octanol–water partition coefficient (Wildman–Crippen LogP) is 2.62. The summed E-state index contributed by atoms with van der Waals surface area (Å²) in [6.07, 6.45) is 4.26. The molecule has 5 heteroatoms. The third kappa shape index (κ3) is 6.96. The molecule has 0 aliphatic heterocycles. The Labute approximate surface area is 129 Å². The van der Waals surface area contributed by atoms with Crippen LogP contribution >= 0.6 is 0 Å². The van der Waals surface area contributed by atoms with E-state index in [-0.39, 0.29) is 0 Å². The largest absolute Gasteiger partial charge is 0.385 e. The zero-order valence-corrected chi connectivity index (χ0v) is 14.5. The number of nitrogens with one attached hydrogen (secondary N) is 1. The number of aryl methyl sites for hydroxylation is 2. The molecule has 1 aromatic rings. The van der Waals surface area contributed by atoms with E-state index in [1.807, 2.05) is 6.92 Å². The molecule has 21 heavy (non-hydrogen) atoms.